The maximum atomic E-state index is 12.1. The smallest absolute Gasteiger partial charge is 0.335 e. The van der Waals surface area contributed by atoms with Gasteiger partial charge in [0, 0.05) is 18.1 Å². The summed E-state index contributed by atoms with van der Waals surface area (Å²) in [5, 5.41) is 11.5. The Morgan fingerprint density at radius 1 is 1.10 bits per heavy atom. The predicted octanol–water partition coefficient (Wildman–Crippen LogP) is 2.28. The van der Waals surface area contributed by atoms with Crippen molar-refractivity contribution >= 4 is 23.2 Å². The number of nitrogens with zero attached hydrogens (tertiary/aromatic N) is 2. The third-order valence-electron chi connectivity index (χ3n) is 2.99. The summed E-state index contributed by atoms with van der Waals surface area (Å²) in [5.74, 6) is -1.35. The van der Waals surface area contributed by atoms with Crippen LogP contribution in [-0.2, 0) is 0 Å². The van der Waals surface area contributed by atoms with E-state index in [-0.39, 0.29) is 11.5 Å². The molecule has 104 valence electrons. The Kier molecular flexibility index (Phi) is 3.12. The van der Waals surface area contributed by atoms with Gasteiger partial charge in [-0.05, 0) is 36.4 Å². The number of nitrogens with one attached hydrogen (secondary N) is 1. The quantitative estimate of drug-likeness (QED) is 0.771. The van der Waals surface area contributed by atoms with E-state index >= 15 is 0 Å². The Bertz CT molecular complexity index is 789. The number of imidazole rings is 1. The minimum Gasteiger partial charge on any atom is -0.478 e. The predicted molar refractivity (Wildman–Crippen MR) is 76.5 cm³/mol. The maximum absolute atomic E-state index is 12.1. The van der Waals surface area contributed by atoms with Gasteiger partial charge >= 0.3 is 5.97 Å². The first-order valence-corrected chi connectivity index (χ1v) is 6.22. The number of carbonyl (C=O) groups is 2. The van der Waals surface area contributed by atoms with E-state index in [2.05, 4.69) is 10.3 Å². The van der Waals surface area contributed by atoms with Crippen molar-refractivity contribution in [1.29, 1.82) is 0 Å². The van der Waals surface area contributed by atoms with E-state index in [0.29, 0.717) is 17.0 Å². The van der Waals surface area contributed by atoms with Crippen molar-refractivity contribution in [3.8, 4) is 0 Å². The number of anilines is 1. The van der Waals surface area contributed by atoms with Crippen LogP contribution in [0.15, 0.2) is 54.9 Å². The van der Waals surface area contributed by atoms with E-state index < -0.39 is 5.97 Å². The summed E-state index contributed by atoms with van der Waals surface area (Å²) in [6.45, 7) is 0. The molecule has 1 amide bonds. The summed E-state index contributed by atoms with van der Waals surface area (Å²) in [4.78, 5) is 27.1. The highest BCUT2D eigenvalue weighted by atomic mass is 16.4. The van der Waals surface area contributed by atoms with Gasteiger partial charge in [0.1, 0.15) is 11.3 Å². The van der Waals surface area contributed by atoms with Gasteiger partial charge in [0.2, 0.25) is 0 Å². The number of aromatic nitrogens is 2. The first-order valence-electron chi connectivity index (χ1n) is 6.22. The molecule has 3 aromatic rings. The second-order valence-electron chi connectivity index (χ2n) is 4.43. The fourth-order valence-electron chi connectivity index (χ4n) is 1.94. The zero-order valence-corrected chi connectivity index (χ0v) is 10.9. The Balaban J connectivity index is 1.80. The standard InChI is InChI=1S/C15H11N3O3/c19-14(12-9-18-8-2-1-3-13(18)17-12)16-11-6-4-10(5-7-11)15(20)21/h1-9H,(H,16,19)(H,20,21). The average Bonchev–Trinajstić information content (AvgIpc) is 2.92. The van der Waals surface area contributed by atoms with Crippen molar-refractivity contribution in [3.05, 3.63) is 66.1 Å². The summed E-state index contributed by atoms with van der Waals surface area (Å²) < 4.78 is 1.75. The third kappa shape index (κ3) is 2.59. The van der Waals surface area contributed by atoms with Crippen LogP contribution in [0.5, 0.6) is 0 Å². The lowest BCUT2D eigenvalue weighted by atomic mass is 10.2. The molecule has 0 saturated carbocycles. The van der Waals surface area contributed by atoms with Gasteiger partial charge in [-0.1, -0.05) is 6.07 Å². The van der Waals surface area contributed by atoms with Crippen molar-refractivity contribution < 1.29 is 14.7 Å². The van der Waals surface area contributed by atoms with Crippen LogP contribution in [0.25, 0.3) is 5.65 Å². The van der Waals surface area contributed by atoms with Crippen LogP contribution in [0, 0.1) is 0 Å². The molecule has 0 aliphatic rings. The van der Waals surface area contributed by atoms with Gasteiger partial charge in [-0.3, -0.25) is 4.79 Å². The summed E-state index contributed by atoms with van der Waals surface area (Å²) in [5.41, 5.74) is 1.66. The molecule has 0 bridgehead atoms. The van der Waals surface area contributed by atoms with Crippen molar-refractivity contribution in [2.75, 3.05) is 5.32 Å². The normalized spacial score (nSPS) is 10.5. The molecule has 2 N–H and O–H groups in total. The molecule has 0 aliphatic heterocycles. The van der Waals surface area contributed by atoms with Gasteiger partial charge in [0.25, 0.3) is 5.91 Å². The zero-order chi connectivity index (χ0) is 14.8. The lowest BCUT2D eigenvalue weighted by Crippen LogP contribution is -2.12. The highest BCUT2D eigenvalue weighted by molar-refractivity contribution is 6.03. The van der Waals surface area contributed by atoms with E-state index in [4.69, 9.17) is 5.11 Å². The number of rotatable bonds is 3. The van der Waals surface area contributed by atoms with Gasteiger partial charge in [-0.15, -0.1) is 0 Å². The Morgan fingerprint density at radius 2 is 1.86 bits per heavy atom. The minimum atomic E-state index is -1.01. The largest absolute Gasteiger partial charge is 0.478 e. The molecule has 0 atom stereocenters. The highest BCUT2D eigenvalue weighted by Crippen LogP contribution is 2.12. The number of fused-ring (bicyclic) bond motifs is 1. The SMILES string of the molecule is O=C(O)c1ccc(NC(=O)c2cn3ccccc3n2)cc1. The molecule has 0 unspecified atom stereocenters. The second kappa shape index (κ2) is 5.09. The number of carboxylic acid groups (broad SMARTS) is 1. The van der Waals surface area contributed by atoms with E-state index in [1.807, 2.05) is 12.1 Å². The topological polar surface area (TPSA) is 83.7 Å². The first kappa shape index (κ1) is 12.9. The van der Waals surface area contributed by atoms with Crippen LogP contribution in [0.4, 0.5) is 5.69 Å². The number of pyridine rings is 1. The van der Waals surface area contributed by atoms with E-state index in [9.17, 15) is 9.59 Å². The fraction of sp³-hybridized carbons (Fsp3) is 0. The molecular weight excluding hydrogens is 270 g/mol. The van der Waals surface area contributed by atoms with E-state index in [0.717, 1.165) is 0 Å². The Labute approximate surface area is 119 Å². The summed E-state index contributed by atoms with van der Waals surface area (Å²) >= 11 is 0. The van der Waals surface area contributed by atoms with Crippen molar-refractivity contribution in [2.24, 2.45) is 0 Å². The molecule has 1 aromatic carbocycles. The fourth-order valence-corrected chi connectivity index (χ4v) is 1.94. The molecule has 6 nitrogen and oxygen atoms in total. The lowest BCUT2D eigenvalue weighted by Gasteiger charge is -2.03. The number of benzene rings is 1. The molecular formula is C15H11N3O3. The number of hydrogen-bond donors (Lipinski definition) is 2. The minimum absolute atomic E-state index is 0.167. The molecule has 2 aromatic heterocycles. The van der Waals surface area contributed by atoms with Crippen LogP contribution < -0.4 is 5.32 Å². The molecule has 0 radical (unpaired) electrons. The van der Waals surface area contributed by atoms with E-state index in [1.165, 1.54) is 24.3 Å². The van der Waals surface area contributed by atoms with Crippen LogP contribution in [0.1, 0.15) is 20.8 Å². The second-order valence-corrected chi connectivity index (χ2v) is 4.43. The van der Waals surface area contributed by atoms with Crippen LogP contribution >= 0.6 is 0 Å². The molecule has 3 rings (SSSR count). The lowest BCUT2D eigenvalue weighted by molar-refractivity contribution is 0.0696. The maximum Gasteiger partial charge on any atom is 0.335 e. The van der Waals surface area contributed by atoms with E-state index in [1.54, 1.807) is 22.9 Å². The van der Waals surface area contributed by atoms with Crippen molar-refractivity contribution in [3.63, 3.8) is 0 Å². The first-order chi connectivity index (χ1) is 10.1. The zero-order valence-electron chi connectivity index (χ0n) is 10.9. The third-order valence-corrected chi connectivity index (χ3v) is 2.99. The van der Waals surface area contributed by atoms with Crippen molar-refractivity contribution in [1.82, 2.24) is 9.38 Å². The summed E-state index contributed by atoms with van der Waals surface area (Å²) in [7, 11) is 0. The number of hydrogen-bond acceptors (Lipinski definition) is 3. The number of amides is 1. The van der Waals surface area contributed by atoms with Crippen LogP contribution in [0.3, 0.4) is 0 Å². The number of aromatic carboxylic acids is 1. The van der Waals surface area contributed by atoms with Gasteiger partial charge < -0.3 is 14.8 Å². The van der Waals surface area contributed by atoms with Crippen LogP contribution in [0.2, 0.25) is 0 Å². The number of carboxylic acids is 1. The van der Waals surface area contributed by atoms with Gasteiger partial charge in [-0.25, -0.2) is 9.78 Å². The highest BCUT2D eigenvalue weighted by Gasteiger charge is 2.11. The Hall–Kier alpha value is -3.15. The molecule has 2 heterocycles. The molecule has 0 aliphatic carbocycles. The molecule has 6 heteroatoms. The molecule has 0 saturated heterocycles. The number of carbonyl (C=O) groups excluding carboxylic acids is 1. The average molecular weight is 281 g/mol. The molecule has 0 fully saturated rings. The van der Waals surface area contributed by atoms with Gasteiger partial charge in [0.15, 0.2) is 0 Å². The monoisotopic (exact) mass is 281 g/mol. The van der Waals surface area contributed by atoms with Crippen LogP contribution in [-0.4, -0.2) is 26.4 Å². The molecule has 0 spiro atoms. The van der Waals surface area contributed by atoms with Gasteiger partial charge in [0.05, 0.1) is 5.56 Å². The summed E-state index contributed by atoms with van der Waals surface area (Å²) in [6, 6.07) is 11.4. The van der Waals surface area contributed by atoms with Crippen molar-refractivity contribution in [2.45, 2.75) is 0 Å². The molecule has 21 heavy (non-hydrogen) atoms. The Morgan fingerprint density at radius 3 is 2.52 bits per heavy atom. The summed E-state index contributed by atoms with van der Waals surface area (Å²) in [6.07, 6.45) is 3.44. The van der Waals surface area contributed by atoms with Gasteiger partial charge in [-0.2, -0.15) is 0 Å².